The second kappa shape index (κ2) is 11.8. The maximum Gasteiger partial charge on any atom is 0.226 e. The number of carbonyl (C=O) groups is 2. The zero-order valence-corrected chi connectivity index (χ0v) is 19.6. The highest BCUT2D eigenvalue weighted by atomic mass is 16.2. The SMILES string of the molecule is CCC(=O)NC(CCN1CCC(c2cccc(NC(=O)C(C)C)c2)CC1)c1ccccc1. The summed E-state index contributed by atoms with van der Waals surface area (Å²) in [4.78, 5) is 26.6. The molecule has 3 rings (SSSR count). The van der Waals surface area contributed by atoms with Gasteiger partial charge >= 0.3 is 0 Å². The van der Waals surface area contributed by atoms with Crippen LogP contribution in [0, 0.1) is 5.92 Å². The summed E-state index contributed by atoms with van der Waals surface area (Å²) in [6.45, 7) is 8.79. The minimum atomic E-state index is -0.0243. The van der Waals surface area contributed by atoms with E-state index < -0.39 is 0 Å². The summed E-state index contributed by atoms with van der Waals surface area (Å²) in [5.74, 6) is 0.651. The predicted octanol–water partition coefficient (Wildman–Crippen LogP) is 5.12. The molecule has 1 saturated heterocycles. The van der Waals surface area contributed by atoms with Gasteiger partial charge in [-0.15, -0.1) is 0 Å². The number of nitrogens with one attached hydrogen (secondary N) is 2. The Kier molecular flexibility index (Phi) is 8.86. The van der Waals surface area contributed by atoms with Crippen LogP contribution in [0.1, 0.15) is 69.5 Å². The van der Waals surface area contributed by atoms with Gasteiger partial charge in [0.2, 0.25) is 11.8 Å². The maximum atomic E-state index is 12.0. The summed E-state index contributed by atoms with van der Waals surface area (Å²) in [6, 6.07) is 18.6. The Hall–Kier alpha value is -2.66. The summed E-state index contributed by atoms with van der Waals surface area (Å²) < 4.78 is 0. The molecule has 0 saturated carbocycles. The van der Waals surface area contributed by atoms with Crippen LogP contribution in [-0.4, -0.2) is 36.3 Å². The van der Waals surface area contributed by atoms with Crippen LogP contribution in [0.15, 0.2) is 54.6 Å². The minimum Gasteiger partial charge on any atom is -0.349 e. The van der Waals surface area contributed by atoms with Crippen LogP contribution in [-0.2, 0) is 9.59 Å². The zero-order chi connectivity index (χ0) is 22.9. The third kappa shape index (κ3) is 6.92. The Morgan fingerprint density at radius 1 is 1.03 bits per heavy atom. The van der Waals surface area contributed by atoms with E-state index >= 15 is 0 Å². The number of nitrogens with zero attached hydrogens (tertiary/aromatic N) is 1. The lowest BCUT2D eigenvalue weighted by Crippen LogP contribution is -2.36. The van der Waals surface area contributed by atoms with Gasteiger partial charge in [0.1, 0.15) is 0 Å². The first-order valence-electron chi connectivity index (χ1n) is 11.9. The summed E-state index contributed by atoms with van der Waals surface area (Å²) in [5, 5.41) is 6.20. The van der Waals surface area contributed by atoms with E-state index in [1.54, 1.807) is 0 Å². The van der Waals surface area contributed by atoms with E-state index in [0.717, 1.165) is 44.6 Å². The Bertz CT molecular complexity index is 873. The molecule has 2 N–H and O–H groups in total. The first-order chi connectivity index (χ1) is 15.5. The fraction of sp³-hybridized carbons (Fsp3) is 0.481. The highest BCUT2D eigenvalue weighted by molar-refractivity contribution is 5.92. The second-order valence-corrected chi connectivity index (χ2v) is 9.06. The van der Waals surface area contributed by atoms with Crippen molar-refractivity contribution in [1.82, 2.24) is 10.2 Å². The highest BCUT2D eigenvalue weighted by Crippen LogP contribution is 2.30. The first-order valence-corrected chi connectivity index (χ1v) is 11.9. The summed E-state index contributed by atoms with van der Waals surface area (Å²) in [6.07, 6.45) is 3.64. The Balaban J connectivity index is 1.53. The molecule has 5 heteroatoms. The fourth-order valence-electron chi connectivity index (χ4n) is 4.26. The number of anilines is 1. The van der Waals surface area contributed by atoms with Gasteiger partial charge in [-0.2, -0.15) is 0 Å². The van der Waals surface area contributed by atoms with Crippen LogP contribution in [0.5, 0.6) is 0 Å². The molecule has 2 aromatic carbocycles. The molecular weight excluding hydrogens is 398 g/mol. The summed E-state index contributed by atoms with van der Waals surface area (Å²) >= 11 is 0. The van der Waals surface area contributed by atoms with Crippen LogP contribution in [0.3, 0.4) is 0 Å². The standard InChI is InChI=1S/C27H37N3O2/c1-4-26(31)29-25(22-9-6-5-7-10-22)15-18-30-16-13-21(14-17-30)23-11-8-12-24(19-23)28-27(32)20(2)3/h5-12,19-21,25H,4,13-18H2,1-3H3,(H,28,32)(H,29,31). The van der Waals surface area contributed by atoms with Crippen LogP contribution in [0.25, 0.3) is 0 Å². The molecule has 1 aliphatic heterocycles. The van der Waals surface area contributed by atoms with Gasteiger partial charge in [0.05, 0.1) is 6.04 Å². The lowest BCUT2D eigenvalue weighted by Gasteiger charge is -2.33. The average molecular weight is 436 g/mol. The van der Waals surface area contributed by atoms with Crippen LogP contribution < -0.4 is 10.6 Å². The van der Waals surface area contributed by atoms with E-state index in [2.05, 4.69) is 39.8 Å². The molecule has 1 heterocycles. The fourth-order valence-corrected chi connectivity index (χ4v) is 4.26. The zero-order valence-electron chi connectivity index (χ0n) is 19.6. The maximum absolute atomic E-state index is 12.0. The summed E-state index contributed by atoms with van der Waals surface area (Å²) in [7, 11) is 0. The van der Waals surface area contributed by atoms with Gasteiger partial charge < -0.3 is 15.5 Å². The lowest BCUT2D eigenvalue weighted by atomic mass is 9.89. The number of likely N-dealkylation sites (tertiary alicyclic amines) is 1. The molecule has 5 nitrogen and oxygen atoms in total. The van der Waals surface area contributed by atoms with Gasteiger partial charge in [0, 0.05) is 24.6 Å². The second-order valence-electron chi connectivity index (χ2n) is 9.06. The van der Waals surface area contributed by atoms with Crippen molar-refractivity contribution in [3.8, 4) is 0 Å². The van der Waals surface area contributed by atoms with Crippen molar-refractivity contribution in [2.45, 2.75) is 58.4 Å². The number of carbonyl (C=O) groups excluding carboxylic acids is 2. The van der Waals surface area contributed by atoms with Crippen molar-refractivity contribution < 1.29 is 9.59 Å². The highest BCUT2D eigenvalue weighted by Gasteiger charge is 2.22. The molecule has 1 aliphatic rings. The Morgan fingerprint density at radius 3 is 2.41 bits per heavy atom. The number of piperidine rings is 1. The van der Waals surface area contributed by atoms with Crippen LogP contribution in [0.4, 0.5) is 5.69 Å². The van der Waals surface area contributed by atoms with E-state index in [4.69, 9.17) is 0 Å². The minimum absolute atomic E-state index is 0.0243. The molecule has 1 unspecified atom stereocenters. The molecular formula is C27H37N3O2. The molecule has 0 spiro atoms. The van der Waals surface area contributed by atoms with E-state index in [0.29, 0.717) is 12.3 Å². The van der Waals surface area contributed by atoms with Gasteiger partial charge in [-0.05, 0) is 61.5 Å². The van der Waals surface area contributed by atoms with E-state index in [1.165, 1.54) is 11.1 Å². The molecule has 0 aromatic heterocycles. The molecule has 0 radical (unpaired) electrons. The van der Waals surface area contributed by atoms with Crippen molar-refractivity contribution in [3.63, 3.8) is 0 Å². The molecule has 0 aliphatic carbocycles. The molecule has 172 valence electrons. The normalized spacial score (nSPS) is 16.0. The molecule has 1 atom stereocenters. The topological polar surface area (TPSA) is 61.4 Å². The number of rotatable bonds is 9. The van der Waals surface area contributed by atoms with Crippen LogP contribution in [0.2, 0.25) is 0 Å². The van der Waals surface area contributed by atoms with Gasteiger partial charge in [0.15, 0.2) is 0 Å². The van der Waals surface area contributed by atoms with E-state index in [1.807, 2.05) is 51.1 Å². The van der Waals surface area contributed by atoms with Crippen molar-refractivity contribution in [1.29, 1.82) is 0 Å². The van der Waals surface area contributed by atoms with Gasteiger partial charge in [-0.1, -0.05) is 63.2 Å². The number of hydrogen-bond acceptors (Lipinski definition) is 3. The third-order valence-corrected chi connectivity index (χ3v) is 6.33. The molecule has 2 amide bonds. The van der Waals surface area contributed by atoms with Crippen LogP contribution >= 0.6 is 0 Å². The quantitative estimate of drug-likeness (QED) is 0.575. The van der Waals surface area contributed by atoms with Crippen molar-refractivity contribution in [3.05, 3.63) is 65.7 Å². The Labute approximate surface area is 192 Å². The number of amides is 2. The number of benzene rings is 2. The molecule has 2 aromatic rings. The van der Waals surface area contributed by atoms with Gasteiger partial charge in [0.25, 0.3) is 0 Å². The molecule has 0 bridgehead atoms. The smallest absolute Gasteiger partial charge is 0.226 e. The molecule has 32 heavy (non-hydrogen) atoms. The lowest BCUT2D eigenvalue weighted by molar-refractivity contribution is -0.121. The first kappa shape index (κ1) is 24.0. The predicted molar refractivity (Wildman–Crippen MR) is 131 cm³/mol. The van der Waals surface area contributed by atoms with E-state index in [9.17, 15) is 9.59 Å². The molecule has 1 fully saturated rings. The van der Waals surface area contributed by atoms with Crippen molar-refractivity contribution in [2.75, 3.05) is 25.0 Å². The summed E-state index contributed by atoms with van der Waals surface area (Å²) in [5.41, 5.74) is 3.37. The third-order valence-electron chi connectivity index (χ3n) is 6.33. The Morgan fingerprint density at radius 2 is 1.75 bits per heavy atom. The largest absolute Gasteiger partial charge is 0.349 e. The number of hydrogen-bond donors (Lipinski definition) is 2. The van der Waals surface area contributed by atoms with Crippen molar-refractivity contribution >= 4 is 17.5 Å². The average Bonchev–Trinajstić information content (AvgIpc) is 2.82. The van der Waals surface area contributed by atoms with Gasteiger partial charge in [-0.3, -0.25) is 9.59 Å². The monoisotopic (exact) mass is 435 g/mol. The van der Waals surface area contributed by atoms with Crippen molar-refractivity contribution in [2.24, 2.45) is 5.92 Å². The van der Waals surface area contributed by atoms with E-state index in [-0.39, 0.29) is 23.8 Å². The van der Waals surface area contributed by atoms with Gasteiger partial charge in [-0.25, -0.2) is 0 Å².